The van der Waals surface area contributed by atoms with Gasteiger partial charge in [-0.05, 0) is 32.3 Å². The minimum atomic E-state index is 0.114. The standard InChI is InChI=1S/C16H25NO/c1-12(2)18-16-10-6-5-9-14(16)15(17)11-13-7-3-4-8-13/h5-6,9-10,12-13,15H,3-4,7-8,11,17H2,1-2H3. The Labute approximate surface area is 111 Å². The first-order valence-corrected chi connectivity index (χ1v) is 7.18. The molecule has 1 aliphatic carbocycles. The van der Waals surface area contributed by atoms with E-state index in [1.54, 1.807) is 0 Å². The van der Waals surface area contributed by atoms with E-state index >= 15 is 0 Å². The predicted molar refractivity (Wildman–Crippen MR) is 75.7 cm³/mol. The zero-order chi connectivity index (χ0) is 13.0. The summed E-state index contributed by atoms with van der Waals surface area (Å²) in [6, 6.07) is 8.32. The molecule has 2 N–H and O–H groups in total. The van der Waals surface area contributed by atoms with E-state index in [0.717, 1.165) is 23.7 Å². The highest BCUT2D eigenvalue weighted by molar-refractivity contribution is 5.35. The normalized spacial score (nSPS) is 18.2. The van der Waals surface area contributed by atoms with Crippen molar-refractivity contribution in [2.75, 3.05) is 0 Å². The minimum Gasteiger partial charge on any atom is -0.491 e. The number of nitrogens with two attached hydrogens (primary N) is 1. The van der Waals surface area contributed by atoms with Crippen LogP contribution in [0.1, 0.15) is 57.6 Å². The van der Waals surface area contributed by atoms with Gasteiger partial charge in [-0.1, -0.05) is 43.9 Å². The van der Waals surface area contributed by atoms with Gasteiger partial charge in [-0.3, -0.25) is 0 Å². The van der Waals surface area contributed by atoms with Crippen LogP contribution in [0, 0.1) is 5.92 Å². The van der Waals surface area contributed by atoms with E-state index in [0.29, 0.717) is 0 Å². The van der Waals surface area contributed by atoms with E-state index in [-0.39, 0.29) is 12.1 Å². The Bertz CT molecular complexity index is 369. The van der Waals surface area contributed by atoms with Gasteiger partial charge >= 0.3 is 0 Å². The topological polar surface area (TPSA) is 35.2 Å². The molecule has 2 nitrogen and oxygen atoms in total. The molecule has 18 heavy (non-hydrogen) atoms. The second-order valence-electron chi connectivity index (χ2n) is 5.70. The molecule has 0 radical (unpaired) electrons. The van der Waals surface area contributed by atoms with Gasteiger partial charge in [-0.15, -0.1) is 0 Å². The van der Waals surface area contributed by atoms with Gasteiger partial charge in [0.1, 0.15) is 5.75 Å². The second-order valence-corrected chi connectivity index (χ2v) is 5.70. The van der Waals surface area contributed by atoms with Crippen molar-refractivity contribution in [2.24, 2.45) is 11.7 Å². The number of hydrogen-bond donors (Lipinski definition) is 1. The van der Waals surface area contributed by atoms with Gasteiger partial charge in [-0.2, -0.15) is 0 Å². The highest BCUT2D eigenvalue weighted by Gasteiger charge is 2.21. The van der Waals surface area contributed by atoms with Crippen LogP contribution in [-0.4, -0.2) is 6.10 Å². The van der Waals surface area contributed by atoms with Crippen molar-refractivity contribution in [1.82, 2.24) is 0 Å². The molecule has 0 spiro atoms. The molecule has 100 valence electrons. The van der Waals surface area contributed by atoms with Crippen LogP contribution in [0.25, 0.3) is 0 Å². The van der Waals surface area contributed by atoms with Crippen LogP contribution >= 0.6 is 0 Å². The summed E-state index contributed by atoms with van der Waals surface area (Å²) >= 11 is 0. The van der Waals surface area contributed by atoms with Gasteiger partial charge in [-0.25, -0.2) is 0 Å². The molecule has 0 amide bonds. The first-order valence-electron chi connectivity index (χ1n) is 7.18. The van der Waals surface area contributed by atoms with E-state index in [1.807, 2.05) is 12.1 Å². The number of benzene rings is 1. The van der Waals surface area contributed by atoms with Crippen molar-refractivity contribution in [1.29, 1.82) is 0 Å². The molecular formula is C16H25NO. The van der Waals surface area contributed by atoms with Crippen LogP contribution in [0.15, 0.2) is 24.3 Å². The van der Waals surface area contributed by atoms with Crippen LogP contribution in [0.5, 0.6) is 5.75 Å². The molecule has 0 aromatic heterocycles. The van der Waals surface area contributed by atoms with Gasteiger partial charge in [0, 0.05) is 11.6 Å². The molecule has 1 unspecified atom stereocenters. The van der Waals surface area contributed by atoms with Crippen LogP contribution in [0.2, 0.25) is 0 Å². The average Bonchev–Trinajstić information content (AvgIpc) is 2.81. The predicted octanol–water partition coefficient (Wildman–Crippen LogP) is 4.05. The quantitative estimate of drug-likeness (QED) is 0.851. The number of para-hydroxylation sites is 1. The third-order valence-electron chi connectivity index (χ3n) is 3.74. The fourth-order valence-electron chi connectivity index (χ4n) is 2.88. The summed E-state index contributed by atoms with van der Waals surface area (Å²) < 4.78 is 5.85. The zero-order valence-electron chi connectivity index (χ0n) is 11.6. The smallest absolute Gasteiger partial charge is 0.124 e. The Morgan fingerprint density at radius 1 is 1.22 bits per heavy atom. The Hall–Kier alpha value is -1.02. The maximum Gasteiger partial charge on any atom is 0.124 e. The lowest BCUT2D eigenvalue weighted by molar-refractivity contribution is 0.237. The van der Waals surface area contributed by atoms with E-state index < -0.39 is 0 Å². The molecule has 1 fully saturated rings. The van der Waals surface area contributed by atoms with E-state index in [4.69, 9.17) is 10.5 Å². The van der Waals surface area contributed by atoms with Crippen molar-refractivity contribution >= 4 is 0 Å². The maximum absolute atomic E-state index is 6.37. The lowest BCUT2D eigenvalue weighted by Crippen LogP contribution is -2.17. The summed E-state index contributed by atoms with van der Waals surface area (Å²) in [7, 11) is 0. The second kappa shape index (κ2) is 6.24. The molecular weight excluding hydrogens is 222 g/mol. The Balaban J connectivity index is 2.05. The first kappa shape index (κ1) is 13.4. The molecule has 1 aromatic rings. The number of hydrogen-bond acceptors (Lipinski definition) is 2. The summed E-state index contributed by atoms with van der Waals surface area (Å²) in [5.41, 5.74) is 7.54. The highest BCUT2D eigenvalue weighted by Crippen LogP contribution is 2.34. The lowest BCUT2D eigenvalue weighted by atomic mass is 9.94. The lowest BCUT2D eigenvalue weighted by Gasteiger charge is -2.21. The van der Waals surface area contributed by atoms with Crippen LogP contribution in [0.3, 0.4) is 0 Å². The third kappa shape index (κ3) is 3.49. The minimum absolute atomic E-state index is 0.114. The molecule has 1 atom stereocenters. The van der Waals surface area contributed by atoms with Crippen molar-refractivity contribution in [3.63, 3.8) is 0 Å². The molecule has 2 heteroatoms. The molecule has 0 bridgehead atoms. The Morgan fingerprint density at radius 2 is 1.89 bits per heavy atom. The van der Waals surface area contributed by atoms with E-state index in [1.165, 1.54) is 25.7 Å². The van der Waals surface area contributed by atoms with Crippen LogP contribution < -0.4 is 10.5 Å². The number of ether oxygens (including phenoxy) is 1. The monoisotopic (exact) mass is 247 g/mol. The summed E-state index contributed by atoms with van der Waals surface area (Å²) in [6.45, 7) is 4.11. The molecule has 1 aromatic carbocycles. The van der Waals surface area contributed by atoms with Crippen LogP contribution in [0.4, 0.5) is 0 Å². The molecule has 0 heterocycles. The van der Waals surface area contributed by atoms with Gasteiger partial charge in [0.05, 0.1) is 6.10 Å². The van der Waals surface area contributed by atoms with E-state index in [2.05, 4.69) is 26.0 Å². The fourth-order valence-corrected chi connectivity index (χ4v) is 2.88. The van der Waals surface area contributed by atoms with Crippen molar-refractivity contribution in [3.8, 4) is 5.75 Å². The van der Waals surface area contributed by atoms with Crippen molar-refractivity contribution < 1.29 is 4.74 Å². The molecule has 0 aliphatic heterocycles. The highest BCUT2D eigenvalue weighted by atomic mass is 16.5. The van der Waals surface area contributed by atoms with Crippen LogP contribution in [-0.2, 0) is 0 Å². The maximum atomic E-state index is 6.37. The van der Waals surface area contributed by atoms with Gasteiger partial charge in [0.15, 0.2) is 0 Å². The fraction of sp³-hybridized carbons (Fsp3) is 0.625. The molecule has 0 saturated heterocycles. The molecule has 1 aliphatic rings. The largest absolute Gasteiger partial charge is 0.491 e. The summed E-state index contributed by atoms with van der Waals surface area (Å²) in [6.07, 6.45) is 6.74. The third-order valence-corrected chi connectivity index (χ3v) is 3.74. The van der Waals surface area contributed by atoms with Gasteiger partial charge < -0.3 is 10.5 Å². The Kier molecular flexibility index (Phi) is 4.65. The Morgan fingerprint density at radius 3 is 2.56 bits per heavy atom. The first-order chi connectivity index (χ1) is 8.66. The van der Waals surface area contributed by atoms with Gasteiger partial charge in [0.2, 0.25) is 0 Å². The summed E-state index contributed by atoms with van der Waals surface area (Å²) in [4.78, 5) is 0. The SMILES string of the molecule is CC(C)Oc1ccccc1C(N)CC1CCCC1. The summed E-state index contributed by atoms with van der Waals surface area (Å²) in [5, 5.41) is 0. The van der Waals surface area contributed by atoms with E-state index in [9.17, 15) is 0 Å². The van der Waals surface area contributed by atoms with Crippen molar-refractivity contribution in [2.45, 2.75) is 58.1 Å². The average molecular weight is 247 g/mol. The van der Waals surface area contributed by atoms with Gasteiger partial charge in [0.25, 0.3) is 0 Å². The van der Waals surface area contributed by atoms with Crippen molar-refractivity contribution in [3.05, 3.63) is 29.8 Å². The zero-order valence-corrected chi connectivity index (χ0v) is 11.6. The summed E-state index contributed by atoms with van der Waals surface area (Å²) in [5.74, 6) is 1.77. The number of rotatable bonds is 5. The molecule has 2 rings (SSSR count). The molecule has 1 saturated carbocycles.